The topological polar surface area (TPSA) is 53.9 Å². The van der Waals surface area contributed by atoms with E-state index in [2.05, 4.69) is 10.2 Å². The number of amides is 1. The molecule has 0 radical (unpaired) electrons. The summed E-state index contributed by atoms with van der Waals surface area (Å²) >= 11 is 6.40. The highest BCUT2D eigenvalue weighted by atomic mass is 32.1. The van der Waals surface area contributed by atoms with Crippen LogP contribution in [-0.2, 0) is 4.79 Å². The molecule has 1 atom stereocenters. The molecule has 0 saturated carbocycles. The number of rotatable bonds is 3. The molecule has 1 aliphatic heterocycles. The van der Waals surface area contributed by atoms with E-state index in [1.54, 1.807) is 17.5 Å². The average molecular weight is 444 g/mol. The number of likely N-dealkylation sites (tertiary alicyclic amines) is 1. The van der Waals surface area contributed by atoms with Gasteiger partial charge in [-0.3, -0.25) is 14.5 Å². The van der Waals surface area contributed by atoms with Gasteiger partial charge < -0.3 is 4.90 Å². The molecule has 13 heteroatoms. The van der Waals surface area contributed by atoms with Gasteiger partial charge in [-0.25, -0.2) is 0 Å². The van der Waals surface area contributed by atoms with Crippen LogP contribution < -0.4 is 0 Å². The molecule has 2 aromatic heterocycles. The van der Waals surface area contributed by atoms with Crippen LogP contribution in [0, 0.1) is 10.2 Å². The molecule has 1 fully saturated rings. The maximum Gasteiger partial charge on any atom is 0.404 e. The van der Waals surface area contributed by atoms with Gasteiger partial charge in [-0.15, -0.1) is 11.3 Å². The summed E-state index contributed by atoms with van der Waals surface area (Å²) in [6, 6.07) is 2.31. The summed E-state index contributed by atoms with van der Waals surface area (Å²) in [7, 11) is 0. The molecule has 3 rings (SSSR count). The van der Waals surface area contributed by atoms with Crippen molar-refractivity contribution in [1.82, 2.24) is 19.7 Å². The first kappa shape index (κ1) is 20.8. The Balaban J connectivity index is 1.91. The second-order valence-corrected chi connectivity index (χ2v) is 7.80. The molecule has 154 valence electrons. The molecule has 28 heavy (non-hydrogen) atoms. The molecule has 1 amide bonds. The number of thiophene rings is 1. The number of alkyl halides is 6. The number of H-pyrrole nitrogens is 1. The van der Waals surface area contributed by atoms with Crippen molar-refractivity contribution in [2.24, 2.45) is 5.41 Å². The Morgan fingerprint density at radius 2 is 1.96 bits per heavy atom. The molecule has 1 saturated heterocycles. The average Bonchev–Trinajstić information content (AvgIpc) is 3.31. The summed E-state index contributed by atoms with van der Waals surface area (Å²) in [6.45, 7) is -0.754. The lowest BCUT2D eigenvalue weighted by Gasteiger charge is -2.33. The number of hydrogen-bond acceptors (Lipinski definition) is 4. The summed E-state index contributed by atoms with van der Waals surface area (Å²) in [5.74, 6) is -0.594. The zero-order chi connectivity index (χ0) is 20.9. The van der Waals surface area contributed by atoms with E-state index in [-0.39, 0.29) is 10.6 Å². The maximum absolute atomic E-state index is 13.2. The van der Waals surface area contributed by atoms with Gasteiger partial charge in [-0.05, 0) is 37.0 Å². The van der Waals surface area contributed by atoms with Gasteiger partial charge in [0.15, 0.2) is 16.0 Å². The summed E-state index contributed by atoms with van der Waals surface area (Å²) in [6.07, 6.45) is -12.3. The molecule has 0 bridgehead atoms. The number of aromatic amines is 1. The first-order chi connectivity index (χ1) is 12.9. The lowest BCUT2D eigenvalue weighted by atomic mass is 9.85. The van der Waals surface area contributed by atoms with Crippen molar-refractivity contribution in [2.75, 3.05) is 13.1 Å². The van der Waals surface area contributed by atoms with Gasteiger partial charge in [0.25, 0.3) is 0 Å². The molecule has 2 aromatic rings. The van der Waals surface area contributed by atoms with Crippen molar-refractivity contribution >= 4 is 29.5 Å². The number of hydrogen-bond donors (Lipinski definition) is 1. The molecular formula is C15H14F6N4OS2. The third kappa shape index (κ3) is 3.23. The van der Waals surface area contributed by atoms with E-state index in [1.165, 1.54) is 22.8 Å². The molecule has 3 heterocycles. The predicted molar refractivity (Wildman–Crippen MR) is 91.2 cm³/mol. The molecule has 0 aliphatic carbocycles. The first-order valence-corrected chi connectivity index (χ1v) is 9.31. The van der Waals surface area contributed by atoms with Crippen LogP contribution >= 0.6 is 23.6 Å². The Morgan fingerprint density at radius 1 is 1.32 bits per heavy atom. The minimum atomic E-state index is -5.52. The lowest BCUT2D eigenvalue weighted by molar-refractivity contribution is -0.334. The van der Waals surface area contributed by atoms with Crippen molar-refractivity contribution < 1.29 is 31.1 Å². The van der Waals surface area contributed by atoms with E-state index in [0.29, 0.717) is 9.78 Å². The van der Waals surface area contributed by atoms with Crippen LogP contribution in [0.1, 0.15) is 19.4 Å². The second kappa shape index (κ2) is 6.87. The SMILES string of the molecule is CC(C(=O)N1CCC(C(F)(F)F)(C(F)(F)F)C1)n1c(-c2cccs2)n[nH]c1=S. The van der Waals surface area contributed by atoms with Crippen molar-refractivity contribution in [3.63, 3.8) is 0 Å². The second-order valence-electron chi connectivity index (χ2n) is 6.46. The van der Waals surface area contributed by atoms with Gasteiger partial charge in [-0.2, -0.15) is 31.4 Å². The van der Waals surface area contributed by atoms with E-state index >= 15 is 0 Å². The predicted octanol–water partition coefficient (Wildman–Crippen LogP) is 4.57. The summed E-state index contributed by atoms with van der Waals surface area (Å²) < 4.78 is 80.8. The minimum absolute atomic E-state index is 0.0429. The fraction of sp³-hybridized carbons (Fsp3) is 0.533. The van der Waals surface area contributed by atoms with Gasteiger partial charge in [-0.1, -0.05) is 6.07 Å². The minimum Gasteiger partial charge on any atom is -0.340 e. The van der Waals surface area contributed by atoms with Crippen LogP contribution in [0.25, 0.3) is 10.7 Å². The third-order valence-corrected chi connectivity index (χ3v) is 6.01. The van der Waals surface area contributed by atoms with E-state index in [4.69, 9.17) is 12.2 Å². The Labute approximate surface area is 164 Å². The molecule has 0 spiro atoms. The summed E-state index contributed by atoms with van der Waals surface area (Å²) in [5, 5.41) is 8.28. The molecule has 1 aliphatic rings. The quantitative estimate of drug-likeness (QED) is 0.557. The molecule has 1 N–H and O–H groups in total. The number of carbonyl (C=O) groups is 1. The van der Waals surface area contributed by atoms with Crippen LogP contribution in [-0.4, -0.2) is 51.0 Å². The third-order valence-electron chi connectivity index (χ3n) is 4.86. The van der Waals surface area contributed by atoms with Crippen LogP contribution in [0.2, 0.25) is 0 Å². The highest BCUT2D eigenvalue weighted by molar-refractivity contribution is 7.71. The van der Waals surface area contributed by atoms with Crippen LogP contribution in [0.5, 0.6) is 0 Å². The standard InChI is InChI=1S/C15H14F6N4OS2/c1-8(25-10(22-23-12(25)27)9-3-2-6-28-9)11(26)24-5-4-13(7-24,14(16,17)18)15(19,20)21/h2-3,6,8H,4-5,7H2,1H3,(H,23,27). The van der Waals surface area contributed by atoms with Gasteiger partial charge in [0.2, 0.25) is 5.91 Å². The van der Waals surface area contributed by atoms with Gasteiger partial charge in [0.1, 0.15) is 6.04 Å². The monoisotopic (exact) mass is 444 g/mol. The zero-order valence-electron chi connectivity index (χ0n) is 14.3. The van der Waals surface area contributed by atoms with Crippen LogP contribution in [0.3, 0.4) is 0 Å². The van der Waals surface area contributed by atoms with Crippen molar-refractivity contribution in [2.45, 2.75) is 31.7 Å². The van der Waals surface area contributed by atoms with E-state index < -0.39 is 49.2 Å². The van der Waals surface area contributed by atoms with E-state index in [1.807, 2.05) is 0 Å². The zero-order valence-corrected chi connectivity index (χ0v) is 15.9. The Kier molecular flexibility index (Phi) is 5.11. The Hall–Kier alpha value is -1.89. The van der Waals surface area contributed by atoms with Crippen LogP contribution in [0.4, 0.5) is 26.3 Å². The highest BCUT2D eigenvalue weighted by Gasteiger charge is 2.73. The van der Waals surface area contributed by atoms with E-state index in [0.717, 1.165) is 0 Å². The molecule has 5 nitrogen and oxygen atoms in total. The number of nitrogens with zero attached hydrogens (tertiary/aromatic N) is 3. The summed E-state index contributed by atoms with van der Waals surface area (Å²) in [4.78, 5) is 14.0. The maximum atomic E-state index is 13.2. The lowest BCUT2D eigenvalue weighted by Crippen LogP contribution is -2.52. The number of nitrogens with one attached hydrogen (secondary N) is 1. The first-order valence-electron chi connectivity index (χ1n) is 8.02. The Bertz CT molecular complexity index is 900. The van der Waals surface area contributed by atoms with Crippen molar-refractivity contribution in [1.29, 1.82) is 0 Å². The number of halogens is 6. The normalized spacial score (nSPS) is 18.5. The fourth-order valence-electron chi connectivity index (χ4n) is 3.24. The van der Waals surface area contributed by atoms with Gasteiger partial charge in [0.05, 0.1) is 4.88 Å². The van der Waals surface area contributed by atoms with Gasteiger partial charge >= 0.3 is 12.4 Å². The molecule has 1 unspecified atom stereocenters. The highest BCUT2D eigenvalue weighted by Crippen LogP contribution is 2.55. The summed E-state index contributed by atoms with van der Waals surface area (Å²) in [5.41, 5.74) is -3.93. The van der Waals surface area contributed by atoms with Gasteiger partial charge in [0, 0.05) is 13.1 Å². The number of carbonyl (C=O) groups excluding carboxylic acids is 1. The Morgan fingerprint density at radius 3 is 2.46 bits per heavy atom. The molecular weight excluding hydrogens is 430 g/mol. The number of aromatic nitrogens is 3. The largest absolute Gasteiger partial charge is 0.404 e. The fourth-order valence-corrected chi connectivity index (χ4v) is 4.24. The van der Waals surface area contributed by atoms with Crippen molar-refractivity contribution in [3.05, 3.63) is 22.3 Å². The van der Waals surface area contributed by atoms with Crippen LogP contribution in [0.15, 0.2) is 17.5 Å². The van der Waals surface area contributed by atoms with E-state index in [9.17, 15) is 31.1 Å². The smallest absolute Gasteiger partial charge is 0.340 e. The van der Waals surface area contributed by atoms with Crippen molar-refractivity contribution in [3.8, 4) is 10.7 Å². The molecule has 0 aromatic carbocycles.